The molecule has 0 aliphatic carbocycles. The number of hydrogen-bond donors (Lipinski definition) is 0. The summed E-state index contributed by atoms with van der Waals surface area (Å²) in [5.74, 6) is 0. The lowest BCUT2D eigenvalue weighted by Gasteiger charge is -2.00. The van der Waals surface area contributed by atoms with Crippen molar-refractivity contribution in [2.45, 2.75) is 20.8 Å². The monoisotopic (exact) mass is 260 g/mol. The van der Waals surface area contributed by atoms with Gasteiger partial charge in [-0.3, -0.25) is 0 Å². The van der Waals surface area contributed by atoms with Gasteiger partial charge in [-0.2, -0.15) is 8.75 Å². The number of nitrogens with zero attached hydrogens (tertiary/aromatic N) is 2. The molecule has 0 aliphatic heterocycles. The average molecular weight is 260 g/mol. The fourth-order valence-corrected chi connectivity index (χ4v) is 3.57. The van der Waals surface area contributed by atoms with E-state index in [-0.39, 0.29) is 0 Å². The van der Waals surface area contributed by atoms with E-state index in [0.29, 0.717) is 0 Å². The summed E-state index contributed by atoms with van der Waals surface area (Å²) in [5.41, 5.74) is 5.83. The number of rotatable bonds is 1. The SMILES string of the molecule is Cc1cc(-c2ccc(C)c3nsnc23)sc1C. The summed E-state index contributed by atoms with van der Waals surface area (Å²) >= 11 is 3.12. The molecular formula is C13H12N2S2. The molecule has 2 nitrogen and oxygen atoms in total. The van der Waals surface area contributed by atoms with Crippen LogP contribution in [0.5, 0.6) is 0 Å². The maximum absolute atomic E-state index is 4.43. The third kappa shape index (κ3) is 1.68. The van der Waals surface area contributed by atoms with Crippen LogP contribution >= 0.6 is 23.1 Å². The third-order valence-electron chi connectivity index (χ3n) is 3.05. The molecule has 0 atom stereocenters. The van der Waals surface area contributed by atoms with Crippen LogP contribution in [-0.2, 0) is 0 Å². The summed E-state index contributed by atoms with van der Waals surface area (Å²) in [6.45, 7) is 6.40. The molecule has 0 aliphatic rings. The van der Waals surface area contributed by atoms with Crippen LogP contribution in [0.15, 0.2) is 18.2 Å². The number of aryl methyl sites for hydroxylation is 3. The van der Waals surface area contributed by atoms with Crippen LogP contribution in [0.25, 0.3) is 21.5 Å². The van der Waals surface area contributed by atoms with E-state index in [0.717, 1.165) is 11.0 Å². The van der Waals surface area contributed by atoms with E-state index >= 15 is 0 Å². The predicted octanol–water partition coefficient (Wildman–Crippen LogP) is 4.35. The van der Waals surface area contributed by atoms with Gasteiger partial charge in [-0.05, 0) is 38.0 Å². The lowest BCUT2D eigenvalue weighted by Crippen LogP contribution is -1.81. The van der Waals surface area contributed by atoms with E-state index in [4.69, 9.17) is 0 Å². The van der Waals surface area contributed by atoms with Crippen LogP contribution in [-0.4, -0.2) is 8.75 Å². The zero-order valence-corrected chi connectivity index (χ0v) is 11.6. The van der Waals surface area contributed by atoms with Gasteiger partial charge in [0.05, 0.1) is 11.7 Å². The molecule has 0 bridgehead atoms. The number of benzene rings is 1. The lowest BCUT2D eigenvalue weighted by molar-refractivity contribution is 1.44. The van der Waals surface area contributed by atoms with Crippen molar-refractivity contribution in [2.75, 3.05) is 0 Å². The normalized spacial score (nSPS) is 11.2. The molecule has 0 saturated carbocycles. The summed E-state index contributed by atoms with van der Waals surface area (Å²) in [5, 5.41) is 0. The van der Waals surface area contributed by atoms with Crippen molar-refractivity contribution in [3.63, 3.8) is 0 Å². The number of aromatic nitrogens is 2. The van der Waals surface area contributed by atoms with E-state index in [2.05, 4.69) is 47.7 Å². The standard InChI is InChI=1S/C13H12N2S2/c1-7-4-5-10(13-12(7)14-17-15-13)11-6-8(2)9(3)16-11/h4-6H,1-3H3. The summed E-state index contributed by atoms with van der Waals surface area (Å²) in [6, 6.07) is 6.52. The molecule has 4 heteroatoms. The van der Waals surface area contributed by atoms with Gasteiger partial charge in [-0.15, -0.1) is 11.3 Å². The third-order valence-corrected chi connectivity index (χ3v) is 4.76. The van der Waals surface area contributed by atoms with Crippen LogP contribution in [0.3, 0.4) is 0 Å². The quantitative estimate of drug-likeness (QED) is 0.650. The summed E-state index contributed by atoms with van der Waals surface area (Å²) < 4.78 is 8.80. The van der Waals surface area contributed by atoms with E-state index in [1.54, 1.807) is 0 Å². The Hall–Kier alpha value is -1.26. The van der Waals surface area contributed by atoms with Gasteiger partial charge in [0.15, 0.2) is 0 Å². The molecule has 86 valence electrons. The first-order valence-electron chi connectivity index (χ1n) is 5.46. The van der Waals surface area contributed by atoms with Crippen molar-refractivity contribution in [3.05, 3.63) is 34.2 Å². The second kappa shape index (κ2) is 3.89. The molecule has 17 heavy (non-hydrogen) atoms. The Bertz CT molecular complexity index is 675. The van der Waals surface area contributed by atoms with Gasteiger partial charge in [-0.25, -0.2) is 0 Å². The van der Waals surface area contributed by atoms with Crippen molar-refractivity contribution >= 4 is 34.1 Å². The van der Waals surface area contributed by atoms with Gasteiger partial charge in [0, 0.05) is 15.3 Å². The molecular weight excluding hydrogens is 248 g/mol. The van der Waals surface area contributed by atoms with Gasteiger partial charge in [0.2, 0.25) is 0 Å². The Morgan fingerprint density at radius 3 is 2.41 bits per heavy atom. The maximum atomic E-state index is 4.43. The van der Waals surface area contributed by atoms with Crippen LogP contribution in [0, 0.1) is 20.8 Å². The largest absolute Gasteiger partial charge is 0.173 e. The fourth-order valence-electron chi connectivity index (χ4n) is 1.89. The van der Waals surface area contributed by atoms with Gasteiger partial charge in [0.1, 0.15) is 11.0 Å². The molecule has 0 N–H and O–H groups in total. The minimum atomic E-state index is 1.04. The Morgan fingerprint density at radius 2 is 1.71 bits per heavy atom. The van der Waals surface area contributed by atoms with Crippen molar-refractivity contribution in [2.24, 2.45) is 0 Å². The molecule has 2 aromatic heterocycles. The molecule has 0 spiro atoms. The molecule has 0 radical (unpaired) electrons. The highest BCUT2D eigenvalue weighted by atomic mass is 32.1. The van der Waals surface area contributed by atoms with Crippen molar-refractivity contribution < 1.29 is 0 Å². The van der Waals surface area contributed by atoms with E-state index in [1.165, 1.54) is 38.2 Å². The minimum absolute atomic E-state index is 1.04. The highest BCUT2D eigenvalue weighted by Gasteiger charge is 2.12. The Balaban J connectivity index is 2.30. The second-order valence-electron chi connectivity index (χ2n) is 4.24. The average Bonchev–Trinajstić information content (AvgIpc) is 2.88. The van der Waals surface area contributed by atoms with Gasteiger partial charge >= 0.3 is 0 Å². The molecule has 0 fully saturated rings. The summed E-state index contributed by atoms with van der Waals surface area (Å²) in [7, 11) is 0. The van der Waals surface area contributed by atoms with Crippen LogP contribution in [0.1, 0.15) is 16.0 Å². The number of fused-ring (bicyclic) bond motifs is 1. The zero-order valence-electron chi connectivity index (χ0n) is 9.94. The first-order valence-corrected chi connectivity index (χ1v) is 7.01. The smallest absolute Gasteiger partial charge is 0.113 e. The molecule has 0 unspecified atom stereocenters. The molecule has 2 heterocycles. The van der Waals surface area contributed by atoms with Gasteiger partial charge in [-0.1, -0.05) is 12.1 Å². The summed E-state index contributed by atoms with van der Waals surface area (Å²) in [6.07, 6.45) is 0. The molecule has 0 amide bonds. The number of thiophene rings is 1. The van der Waals surface area contributed by atoms with Crippen molar-refractivity contribution in [3.8, 4) is 10.4 Å². The first kappa shape index (κ1) is 10.9. The fraction of sp³-hybridized carbons (Fsp3) is 0.231. The molecule has 3 aromatic rings. The highest BCUT2D eigenvalue weighted by Crippen LogP contribution is 2.35. The van der Waals surface area contributed by atoms with Crippen LogP contribution in [0.4, 0.5) is 0 Å². The Kier molecular flexibility index (Phi) is 2.49. The van der Waals surface area contributed by atoms with Crippen LogP contribution < -0.4 is 0 Å². The number of hydrogen-bond acceptors (Lipinski definition) is 4. The van der Waals surface area contributed by atoms with Gasteiger partial charge in [0.25, 0.3) is 0 Å². The predicted molar refractivity (Wildman–Crippen MR) is 74.9 cm³/mol. The van der Waals surface area contributed by atoms with E-state index in [1.807, 2.05) is 11.3 Å². The molecule has 0 saturated heterocycles. The van der Waals surface area contributed by atoms with Crippen molar-refractivity contribution in [1.29, 1.82) is 0 Å². The first-order chi connectivity index (χ1) is 8.16. The van der Waals surface area contributed by atoms with Crippen molar-refractivity contribution in [1.82, 2.24) is 8.75 Å². The van der Waals surface area contributed by atoms with E-state index < -0.39 is 0 Å². The topological polar surface area (TPSA) is 25.8 Å². The van der Waals surface area contributed by atoms with Gasteiger partial charge < -0.3 is 0 Å². The highest BCUT2D eigenvalue weighted by molar-refractivity contribution is 7.15. The molecule has 1 aromatic carbocycles. The summed E-state index contributed by atoms with van der Waals surface area (Å²) in [4.78, 5) is 2.66. The van der Waals surface area contributed by atoms with Crippen LogP contribution in [0.2, 0.25) is 0 Å². The minimum Gasteiger partial charge on any atom is -0.173 e. The zero-order chi connectivity index (χ0) is 12.0. The lowest BCUT2D eigenvalue weighted by atomic mass is 10.1. The molecule has 3 rings (SSSR count). The second-order valence-corrected chi connectivity index (χ2v) is 6.03. The maximum Gasteiger partial charge on any atom is 0.113 e. The Morgan fingerprint density at radius 1 is 0.941 bits per heavy atom. The Labute approximate surface area is 108 Å². The van der Waals surface area contributed by atoms with E-state index in [9.17, 15) is 0 Å².